The van der Waals surface area contributed by atoms with Crippen LogP contribution in [-0.4, -0.2) is 19.4 Å². The van der Waals surface area contributed by atoms with Crippen LogP contribution in [0, 0.1) is 5.92 Å². The summed E-state index contributed by atoms with van der Waals surface area (Å²) in [5.41, 5.74) is 0. The van der Waals surface area contributed by atoms with Gasteiger partial charge in [-0.1, -0.05) is 6.92 Å². The lowest BCUT2D eigenvalue weighted by atomic mass is 10.1. The van der Waals surface area contributed by atoms with E-state index >= 15 is 0 Å². The fraction of sp³-hybridized carbons (Fsp3) is 1.00. The van der Waals surface area contributed by atoms with Crippen LogP contribution in [-0.2, 0) is 4.74 Å². The van der Waals surface area contributed by atoms with Crippen molar-refractivity contribution in [2.24, 2.45) is 5.92 Å². The second kappa shape index (κ2) is 3.18. The molecule has 2 heteroatoms. The van der Waals surface area contributed by atoms with Gasteiger partial charge in [-0.15, -0.1) is 0 Å². The number of hydrogen-bond donors (Lipinski definition) is 1. The van der Waals surface area contributed by atoms with E-state index in [0.717, 1.165) is 19.1 Å². The molecule has 1 saturated heterocycles. The van der Waals surface area contributed by atoms with Crippen LogP contribution in [0.25, 0.3) is 0 Å². The molecule has 0 aliphatic carbocycles. The fourth-order valence-corrected chi connectivity index (χ4v) is 0.974. The summed E-state index contributed by atoms with van der Waals surface area (Å²) in [6, 6.07) is 0. The molecule has 0 amide bonds. The highest BCUT2D eigenvalue weighted by atomic mass is 16.5. The summed E-state index contributed by atoms with van der Waals surface area (Å²) in [4.78, 5) is 0. The predicted molar refractivity (Wildman–Crippen MR) is 37.2 cm³/mol. The first-order valence-corrected chi connectivity index (χ1v) is 3.64. The highest BCUT2D eigenvalue weighted by Gasteiger charge is 2.10. The van der Waals surface area contributed by atoms with Crippen molar-refractivity contribution in [3.63, 3.8) is 0 Å². The Kier molecular flexibility index (Phi) is 2.49. The standard InChI is InChI=1S/C7H15NO/c1-6-3-4-9-7(2)8-5-6/h6-8H,3-5H2,1-2H3/t6-,7-/m1/s1. The van der Waals surface area contributed by atoms with Crippen LogP contribution in [0.1, 0.15) is 20.3 Å². The molecule has 54 valence electrons. The van der Waals surface area contributed by atoms with Crippen LogP contribution in [0.2, 0.25) is 0 Å². The number of nitrogens with one attached hydrogen (secondary N) is 1. The van der Waals surface area contributed by atoms with E-state index < -0.39 is 0 Å². The van der Waals surface area contributed by atoms with E-state index in [1.54, 1.807) is 0 Å². The average Bonchev–Trinajstić information content (AvgIpc) is 1.97. The van der Waals surface area contributed by atoms with Gasteiger partial charge in [0.25, 0.3) is 0 Å². The number of hydrogen-bond acceptors (Lipinski definition) is 2. The third-order valence-corrected chi connectivity index (χ3v) is 1.73. The maximum absolute atomic E-state index is 5.36. The van der Waals surface area contributed by atoms with Crippen molar-refractivity contribution in [3.8, 4) is 0 Å². The molecule has 0 aromatic carbocycles. The molecule has 0 radical (unpaired) electrons. The quantitative estimate of drug-likeness (QED) is 0.526. The SMILES string of the molecule is C[C@@H]1CCO[C@H](C)NC1. The van der Waals surface area contributed by atoms with Crippen LogP contribution in [0.15, 0.2) is 0 Å². The Morgan fingerprint density at radius 3 is 3.00 bits per heavy atom. The largest absolute Gasteiger partial charge is 0.364 e. The molecular weight excluding hydrogens is 114 g/mol. The minimum atomic E-state index is 0.259. The van der Waals surface area contributed by atoms with Crippen LogP contribution in [0.3, 0.4) is 0 Å². The molecule has 0 saturated carbocycles. The lowest BCUT2D eigenvalue weighted by Gasteiger charge is -2.09. The maximum Gasteiger partial charge on any atom is 0.105 e. The zero-order chi connectivity index (χ0) is 6.69. The van der Waals surface area contributed by atoms with Crippen LogP contribution < -0.4 is 5.32 Å². The lowest BCUT2D eigenvalue weighted by molar-refractivity contribution is 0.0562. The van der Waals surface area contributed by atoms with Gasteiger partial charge in [-0.2, -0.15) is 0 Å². The molecule has 0 bridgehead atoms. The van der Waals surface area contributed by atoms with Crippen molar-refractivity contribution in [1.82, 2.24) is 5.32 Å². The normalized spacial score (nSPS) is 38.0. The van der Waals surface area contributed by atoms with E-state index in [4.69, 9.17) is 4.74 Å². The number of rotatable bonds is 0. The van der Waals surface area contributed by atoms with E-state index in [1.165, 1.54) is 6.42 Å². The Labute approximate surface area is 56.6 Å². The molecule has 2 atom stereocenters. The molecule has 0 spiro atoms. The van der Waals surface area contributed by atoms with Crippen LogP contribution >= 0.6 is 0 Å². The highest BCUT2D eigenvalue weighted by Crippen LogP contribution is 2.05. The summed E-state index contributed by atoms with van der Waals surface area (Å²) in [5.74, 6) is 0.773. The van der Waals surface area contributed by atoms with Gasteiger partial charge in [0.15, 0.2) is 0 Å². The molecule has 1 heterocycles. The van der Waals surface area contributed by atoms with Gasteiger partial charge in [0.1, 0.15) is 6.23 Å². The van der Waals surface area contributed by atoms with E-state index in [9.17, 15) is 0 Å². The molecule has 2 nitrogen and oxygen atoms in total. The highest BCUT2D eigenvalue weighted by molar-refractivity contribution is 4.61. The third-order valence-electron chi connectivity index (χ3n) is 1.73. The van der Waals surface area contributed by atoms with E-state index in [0.29, 0.717) is 0 Å². The summed E-state index contributed by atoms with van der Waals surface area (Å²) < 4.78 is 5.36. The summed E-state index contributed by atoms with van der Waals surface area (Å²) in [7, 11) is 0. The predicted octanol–water partition coefficient (Wildman–Crippen LogP) is 0.978. The minimum Gasteiger partial charge on any atom is -0.364 e. The van der Waals surface area contributed by atoms with Crippen molar-refractivity contribution in [2.45, 2.75) is 26.5 Å². The number of ether oxygens (including phenoxy) is 1. The van der Waals surface area contributed by atoms with Crippen molar-refractivity contribution in [2.75, 3.05) is 13.2 Å². The van der Waals surface area contributed by atoms with Gasteiger partial charge in [0.05, 0.1) is 0 Å². The zero-order valence-electron chi connectivity index (χ0n) is 6.18. The molecule has 0 aromatic rings. The first-order valence-electron chi connectivity index (χ1n) is 3.64. The third kappa shape index (κ3) is 2.33. The maximum atomic E-state index is 5.36. The first-order chi connectivity index (χ1) is 4.29. The topological polar surface area (TPSA) is 21.3 Å². The molecule has 1 fully saturated rings. The Morgan fingerprint density at radius 1 is 1.44 bits per heavy atom. The van der Waals surface area contributed by atoms with Crippen LogP contribution in [0.4, 0.5) is 0 Å². The summed E-state index contributed by atoms with van der Waals surface area (Å²) in [5, 5.41) is 3.27. The van der Waals surface area contributed by atoms with Gasteiger partial charge < -0.3 is 4.74 Å². The molecule has 0 unspecified atom stereocenters. The van der Waals surface area contributed by atoms with Crippen molar-refractivity contribution in [3.05, 3.63) is 0 Å². The van der Waals surface area contributed by atoms with Gasteiger partial charge in [-0.05, 0) is 19.3 Å². The van der Waals surface area contributed by atoms with Crippen molar-refractivity contribution in [1.29, 1.82) is 0 Å². The Hall–Kier alpha value is -0.0800. The molecule has 0 aromatic heterocycles. The van der Waals surface area contributed by atoms with Gasteiger partial charge in [-0.3, -0.25) is 5.32 Å². The second-order valence-electron chi connectivity index (χ2n) is 2.82. The Morgan fingerprint density at radius 2 is 2.22 bits per heavy atom. The van der Waals surface area contributed by atoms with E-state index in [1.807, 2.05) is 0 Å². The van der Waals surface area contributed by atoms with Crippen LogP contribution in [0.5, 0.6) is 0 Å². The summed E-state index contributed by atoms with van der Waals surface area (Å²) in [6.07, 6.45) is 1.45. The molecular formula is C7H15NO. The summed E-state index contributed by atoms with van der Waals surface area (Å²) >= 11 is 0. The molecule has 1 N–H and O–H groups in total. The zero-order valence-corrected chi connectivity index (χ0v) is 6.18. The summed E-state index contributed by atoms with van der Waals surface area (Å²) in [6.45, 7) is 6.31. The Bertz CT molecular complexity index is 75.0. The minimum absolute atomic E-state index is 0.259. The first kappa shape index (κ1) is 7.03. The Balaban J connectivity index is 2.25. The van der Waals surface area contributed by atoms with Crippen molar-refractivity contribution < 1.29 is 4.74 Å². The van der Waals surface area contributed by atoms with Gasteiger partial charge in [-0.25, -0.2) is 0 Å². The molecule has 9 heavy (non-hydrogen) atoms. The smallest absolute Gasteiger partial charge is 0.105 e. The van der Waals surface area contributed by atoms with Crippen molar-refractivity contribution >= 4 is 0 Å². The molecule has 1 aliphatic rings. The molecule has 1 aliphatic heterocycles. The lowest BCUT2D eigenvalue weighted by Crippen LogP contribution is -2.28. The van der Waals surface area contributed by atoms with Gasteiger partial charge in [0.2, 0.25) is 0 Å². The van der Waals surface area contributed by atoms with Gasteiger partial charge >= 0.3 is 0 Å². The van der Waals surface area contributed by atoms with Gasteiger partial charge in [0, 0.05) is 13.2 Å². The fourth-order valence-electron chi connectivity index (χ4n) is 0.974. The van der Waals surface area contributed by atoms with E-state index in [2.05, 4.69) is 19.2 Å². The van der Waals surface area contributed by atoms with E-state index in [-0.39, 0.29) is 6.23 Å². The monoisotopic (exact) mass is 129 g/mol. The second-order valence-corrected chi connectivity index (χ2v) is 2.82. The average molecular weight is 129 g/mol. The molecule has 1 rings (SSSR count).